The minimum Gasteiger partial charge on any atom is -0.389 e. The first kappa shape index (κ1) is 10.1. The molecule has 0 saturated carbocycles. The van der Waals surface area contributed by atoms with Crippen LogP contribution in [0.3, 0.4) is 0 Å². The van der Waals surface area contributed by atoms with Crippen LogP contribution in [-0.2, 0) is 0 Å². The summed E-state index contributed by atoms with van der Waals surface area (Å²) in [6.45, 7) is 1.92. The fourth-order valence-electron chi connectivity index (χ4n) is 1.05. The lowest BCUT2D eigenvalue weighted by Gasteiger charge is -2.15. The zero-order valence-electron chi connectivity index (χ0n) is 7.51. The molecule has 0 spiro atoms. The van der Waals surface area contributed by atoms with Crippen molar-refractivity contribution in [3.8, 4) is 0 Å². The van der Waals surface area contributed by atoms with Gasteiger partial charge in [0.25, 0.3) is 0 Å². The Morgan fingerprint density at radius 2 is 2.23 bits per heavy atom. The molecule has 72 valence electrons. The van der Waals surface area contributed by atoms with Gasteiger partial charge in [-0.1, -0.05) is 0 Å². The molecule has 0 amide bonds. The van der Waals surface area contributed by atoms with Crippen LogP contribution in [0.5, 0.6) is 0 Å². The monoisotopic (exact) mass is 182 g/mol. The fraction of sp³-hybridized carbons (Fsp3) is 0.444. The van der Waals surface area contributed by atoms with Crippen molar-refractivity contribution in [2.75, 3.05) is 6.54 Å². The molecule has 2 unspecified atom stereocenters. The van der Waals surface area contributed by atoms with E-state index < -0.39 is 12.2 Å². The summed E-state index contributed by atoms with van der Waals surface area (Å²) < 4.78 is 0. The van der Waals surface area contributed by atoms with Gasteiger partial charge in [0, 0.05) is 12.7 Å². The van der Waals surface area contributed by atoms with Crippen molar-refractivity contribution in [2.45, 2.75) is 19.1 Å². The molecular formula is C9H14N2O2. The second kappa shape index (κ2) is 4.32. The topological polar surface area (TPSA) is 79.4 Å². The second-order valence-corrected chi connectivity index (χ2v) is 3.01. The van der Waals surface area contributed by atoms with E-state index in [-0.39, 0.29) is 6.54 Å². The smallest absolute Gasteiger partial charge is 0.123 e. The molecule has 1 heterocycles. The fourth-order valence-corrected chi connectivity index (χ4v) is 1.05. The van der Waals surface area contributed by atoms with Crippen molar-refractivity contribution < 1.29 is 10.2 Å². The van der Waals surface area contributed by atoms with Gasteiger partial charge in [0.2, 0.25) is 0 Å². The molecule has 0 bridgehead atoms. The SMILES string of the molecule is Cc1ccnc(C(O)C(O)CN)c1. The quantitative estimate of drug-likeness (QED) is 0.602. The van der Waals surface area contributed by atoms with Gasteiger partial charge in [0.15, 0.2) is 0 Å². The van der Waals surface area contributed by atoms with Crippen molar-refractivity contribution in [2.24, 2.45) is 5.73 Å². The number of aromatic nitrogens is 1. The first-order chi connectivity index (χ1) is 6.15. The Morgan fingerprint density at radius 3 is 2.77 bits per heavy atom. The number of hydrogen-bond acceptors (Lipinski definition) is 4. The number of hydrogen-bond donors (Lipinski definition) is 3. The Kier molecular flexibility index (Phi) is 3.36. The zero-order valence-corrected chi connectivity index (χ0v) is 7.51. The average Bonchev–Trinajstić information content (AvgIpc) is 2.15. The molecule has 0 aliphatic heterocycles. The first-order valence-electron chi connectivity index (χ1n) is 4.14. The van der Waals surface area contributed by atoms with Crippen molar-refractivity contribution in [3.63, 3.8) is 0 Å². The number of nitrogens with zero attached hydrogens (tertiary/aromatic N) is 1. The lowest BCUT2D eigenvalue weighted by atomic mass is 10.1. The number of pyridine rings is 1. The molecule has 1 aromatic heterocycles. The van der Waals surface area contributed by atoms with Crippen LogP contribution in [0.25, 0.3) is 0 Å². The van der Waals surface area contributed by atoms with Crippen molar-refractivity contribution in [1.29, 1.82) is 0 Å². The highest BCUT2D eigenvalue weighted by molar-refractivity contribution is 5.16. The number of aliphatic hydroxyl groups excluding tert-OH is 2. The van der Waals surface area contributed by atoms with Crippen LogP contribution < -0.4 is 5.73 Å². The molecule has 0 radical (unpaired) electrons. The Bertz CT molecular complexity index is 278. The molecule has 4 heteroatoms. The number of aliphatic hydroxyl groups is 2. The predicted octanol–water partition coefficient (Wildman–Crippen LogP) is -0.257. The number of aryl methyl sites for hydroxylation is 1. The van der Waals surface area contributed by atoms with E-state index in [1.54, 1.807) is 12.3 Å². The van der Waals surface area contributed by atoms with Gasteiger partial charge in [0.1, 0.15) is 6.10 Å². The van der Waals surface area contributed by atoms with Crippen LogP contribution in [0.15, 0.2) is 18.3 Å². The molecule has 1 rings (SSSR count). The van der Waals surface area contributed by atoms with Crippen LogP contribution in [0.4, 0.5) is 0 Å². The molecule has 0 aromatic carbocycles. The number of nitrogens with two attached hydrogens (primary N) is 1. The maximum Gasteiger partial charge on any atom is 0.123 e. The summed E-state index contributed by atoms with van der Waals surface area (Å²) in [6.07, 6.45) is -0.351. The molecule has 0 saturated heterocycles. The zero-order chi connectivity index (χ0) is 9.84. The minimum absolute atomic E-state index is 0.0246. The van der Waals surface area contributed by atoms with Gasteiger partial charge in [-0.05, 0) is 24.6 Å². The van der Waals surface area contributed by atoms with E-state index in [0.29, 0.717) is 5.69 Å². The van der Waals surface area contributed by atoms with Gasteiger partial charge < -0.3 is 15.9 Å². The molecule has 13 heavy (non-hydrogen) atoms. The summed E-state index contributed by atoms with van der Waals surface area (Å²) in [6, 6.07) is 3.55. The van der Waals surface area contributed by atoms with E-state index in [1.807, 2.05) is 13.0 Å². The standard InChI is InChI=1S/C9H14N2O2/c1-6-2-3-11-7(4-6)9(13)8(12)5-10/h2-4,8-9,12-13H,5,10H2,1H3. The third kappa shape index (κ3) is 2.48. The van der Waals surface area contributed by atoms with Crippen molar-refractivity contribution in [1.82, 2.24) is 4.98 Å². The number of rotatable bonds is 3. The van der Waals surface area contributed by atoms with E-state index in [2.05, 4.69) is 4.98 Å². The van der Waals surface area contributed by atoms with E-state index in [9.17, 15) is 10.2 Å². The van der Waals surface area contributed by atoms with Gasteiger partial charge in [-0.15, -0.1) is 0 Å². The van der Waals surface area contributed by atoms with E-state index in [4.69, 9.17) is 5.73 Å². The first-order valence-corrected chi connectivity index (χ1v) is 4.14. The van der Waals surface area contributed by atoms with Gasteiger partial charge in [-0.3, -0.25) is 4.98 Å². The molecule has 2 atom stereocenters. The van der Waals surface area contributed by atoms with E-state index >= 15 is 0 Å². The predicted molar refractivity (Wildman–Crippen MR) is 49.0 cm³/mol. The van der Waals surface area contributed by atoms with E-state index in [0.717, 1.165) is 5.56 Å². The van der Waals surface area contributed by atoms with Gasteiger partial charge in [0.05, 0.1) is 11.8 Å². The van der Waals surface area contributed by atoms with Crippen LogP contribution in [0.2, 0.25) is 0 Å². The largest absolute Gasteiger partial charge is 0.389 e. The highest BCUT2D eigenvalue weighted by Gasteiger charge is 2.17. The molecule has 1 aromatic rings. The van der Waals surface area contributed by atoms with Crippen LogP contribution in [0, 0.1) is 6.92 Å². The molecule has 4 N–H and O–H groups in total. The lowest BCUT2D eigenvalue weighted by Crippen LogP contribution is -2.27. The minimum atomic E-state index is -0.995. The van der Waals surface area contributed by atoms with Crippen LogP contribution in [-0.4, -0.2) is 27.8 Å². The van der Waals surface area contributed by atoms with Gasteiger partial charge in [-0.2, -0.15) is 0 Å². The molecule has 4 nitrogen and oxygen atoms in total. The highest BCUT2D eigenvalue weighted by atomic mass is 16.3. The third-order valence-corrected chi connectivity index (χ3v) is 1.85. The Balaban J connectivity index is 2.82. The summed E-state index contributed by atoms with van der Waals surface area (Å²) in [4.78, 5) is 3.94. The van der Waals surface area contributed by atoms with Crippen LogP contribution in [0.1, 0.15) is 17.4 Å². The third-order valence-electron chi connectivity index (χ3n) is 1.85. The maximum atomic E-state index is 9.52. The van der Waals surface area contributed by atoms with Gasteiger partial charge >= 0.3 is 0 Å². The Morgan fingerprint density at radius 1 is 1.54 bits per heavy atom. The normalized spacial score (nSPS) is 15.4. The Hall–Kier alpha value is -0.970. The average molecular weight is 182 g/mol. The molecule has 0 aliphatic carbocycles. The highest BCUT2D eigenvalue weighted by Crippen LogP contribution is 2.14. The summed E-state index contributed by atoms with van der Waals surface area (Å²) in [7, 11) is 0. The second-order valence-electron chi connectivity index (χ2n) is 3.01. The summed E-state index contributed by atoms with van der Waals surface area (Å²) in [5, 5.41) is 18.8. The maximum absolute atomic E-state index is 9.52. The van der Waals surface area contributed by atoms with Crippen molar-refractivity contribution >= 4 is 0 Å². The van der Waals surface area contributed by atoms with Crippen molar-refractivity contribution in [3.05, 3.63) is 29.6 Å². The Labute approximate surface area is 77.0 Å². The molecular weight excluding hydrogens is 168 g/mol. The summed E-state index contributed by atoms with van der Waals surface area (Å²) >= 11 is 0. The summed E-state index contributed by atoms with van der Waals surface area (Å²) in [5.74, 6) is 0. The molecule has 0 aliphatic rings. The van der Waals surface area contributed by atoms with Gasteiger partial charge in [-0.25, -0.2) is 0 Å². The van der Waals surface area contributed by atoms with Crippen LogP contribution >= 0.6 is 0 Å². The summed E-state index contributed by atoms with van der Waals surface area (Å²) in [5.41, 5.74) is 6.66. The lowest BCUT2D eigenvalue weighted by molar-refractivity contribution is 0.0217. The molecule has 0 fully saturated rings. The van der Waals surface area contributed by atoms with E-state index in [1.165, 1.54) is 0 Å².